The molecule has 1 heterocycles. The van der Waals surface area contributed by atoms with Crippen molar-refractivity contribution in [1.82, 2.24) is 10.2 Å². The van der Waals surface area contributed by atoms with Crippen LogP contribution in [-0.2, 0) is 14.8 Å². The smallest absolute Gasteiger partial charge is 0.264 e. The number of nitrogens with one attached hydrogen (secondary N) is 1. The summed E-state index contributed by atoms with van der Waals surface area (Å²) in [4.78, 5) is 15.2. The molecule has 1 aliphatic rings. The quantitative estimate of drug-likeness (QED) is 0.522. The first kappa shape index (κ1) is 24.1. The molecule has 0 radical (unpaired) electrons. The zero-order chi connectivity index (χ0) is 23.0. The summed E-state index contributed by atoms with van der Waals surface area (Å²) in [5.41, 5.74) is 1.38. The molecule has 174 valence electrons. The number of sulfonamides is 1. The summed E-state index contributed by atoms with van der Waals surface area (Å²) in [5, 5.41) is 2.87. The number of likely N-dealkylation sites (tertiary alicyclic amines) is 1. The van der Waals surface area contributed by atoms with Crippen molar-refractivity contribution in [2.75, 3.05) is 43.6 Å². The fraction of sp³-hybridized carbons (Fsp3) is 0.458. The van der Waals surface area contributed by atoms with Crippen molar-refractivity contribution in [2.24, 2.45) is 0 Å². The van der Waals surface area contributed by atoms with Crippen LogP contribution in [0.25, 0.3) is 0 Å². The first-order valence-corrected chi connectivity index (χ1v) is 12.7. The highest BCUT2D eigenvalue weighted by Gasteiger charge is 2.27. The van der Waals surface area contributed by atoms with Gasteiger partial charge in [0.25, 0.3) is 10.0 Å². The summed E-state index contributed by atoms with van der Waals surface area (Å²) in [6.07, 6.45) is 3.32. The van der Waals surface area contributed by atoms with Crippen LogP contribution in [-0.4, -0.2) is 58.6 Å². The van der Waals surface area contributed by atoms with E-state index in [4.69, 9.17) is 4.74 Å². The van der Waals surface area contributed by atoms with E-state index in [1.807, 2.05) is 13.8 Å². The zero-order valence-electron chi connectivity index (χ0n) is 18.9. The van der Waals surface area contributed by atoms with E-state index < -0.39 is 10.0 Å². The van der Waals surface area contributed by atoms with Gasteiger partial charge in [-0.15, -0.1) is 0 Å². The lowest BCUT2D eigenvalue weighted by molar-refractivity contribution is -0.119. The summed E-state index contributed by atoms with van der Waals surface area (Å²) in [7, 11) is -3.91. The number of amides is 1. The van der Waals surface area contributed by atoms with Crippen LogP contribution in [0.4, 0.5) is 5.69 Å². The molecule has 3 rings (SSSR count). The third-order valence-corrected chi connectivity index (χ3v) is 7.29. The Morgan fingerprint density at radius 3 is 2.34 bits per heavy atom. The molecule has 1 N–H and O–H groups in total. The minimum Gasteiger partial charge on any atom is -0.494 e. The van der Waals surface area contributed by atoms with Gasteiger partial charge >= 0.3 is 0 Å². The Morgan fingerprint density at radius 1 is 1.06 bits per heavy atom. The largest absolute Gasteiger partial charge is 0.494 e. The van der Waals surface area contributed by atoms with Crippen molar-refractivity contribution < 1.29 is 17.9 Å². The Bertz CT molecular complexity index is 969. The third kappa shape index (κ3) is 6.46. The lowest BCUT2D eigenvalue weighted by atomic mass is 10.2. The molecule has 1 fully saturated rings. The Balaban J connectivity index is 1.72. The van der Waals surface area contributed by atoms with Gasteiger partial charge in [-0.3, -0.25) is 9.10 Å². The van der Waals surface area contributed by atoms with Crippen molar-refractivity contribution in [3.63, 3.8) is 0 Å². The molecule has 0 spiro atoms. The van der Waals surface area contributed by atoms with Gasteiger partial charge in [0.2, 0.25) is 5.91 Å². The second-order valence-corrected chi connectivity index (χ2v) is 9.87. The highest BCUT2D eigenvalue weighted by atomic mass is 32.2. The van der Waals surface area contributed by atoms with E-state index in [1.54, 1.807) is 48.5 Å². The number of hydrogen-bond acceptors (Lipinski definition) is 5. The summed E-state index contributed by atoms with van der Waals surface area (Å²) >= 11 is 0. The molecular formula is C24H33N3O4S. The highest BCUT2D eigenvalue weighted by molar-refractivity contribution is 7.92. The number of hydrogen-bond donors (Lipinski definition) is 1. The van der Waals surface area contributed by atoms with Gasteiger partial charge in [0.1, 0.15) is 12.3 Å². The van der Waals surface area contributed by atoms with Crippen LogP contribution in [0.15, 0.2) is 53.4 Å². The van der Waals surface area contributed by atoms with Crippen LogP contribution in [0.5, 0.6) is 5.75 Å². The summed E-state index contributed by atoms with van der Waals surface area (Å²) in [6, 6.07) is 13.4. The van der Waals surface area contributed by atoms with Crippen LogP contribution < -0.4 is 14.4 Å². The van der Waals surface area contributed by atoms with Gasteiger partial charge in [0, 0.05) is 6.54 Å². The van der Waals surface area contributed by atoms with Crippen LogP contribution in [0.2, 0.25) is 0 Å². The van der Waals surface area contributed by atoms with Gasteiger partial charge in [-0.05, 0) is 89.1 Å². The van der Waals surface area contributed by atoms with E-state index in [9.17, 15) is 13.2 Å². The van der Waals surface area contributed by atoms with Crippen molar-refractivity contribution >= 4 is 21.6 Å². The van der Waals surface area contributed by atoms with Crippen LogP contribution in [0, 0.1) is 6.92 Å². The summed E-state index contributed by atoms with van der Waals surface area (Å²) in [5.74, 6) is 0.325. The van der Waals surface area contributed by atoms with Crippen molar-refractivity contribution in [2.45, 2.75) is 38.0 Å². The van der Waals surface area contributed by atoms with Crippen molar-refractivity contribution in [3.05, 3.63) is 54.1 Å². The number of carbonyl (C=O) groups is 1. The molecule has 1 amide bonds. The molecule has 0 aromatic heterocycles. The number of rotatable bonds is 11. The van der Waals surface area contributed by atoms with E-state index in [2.05, 4.69) is 10.2 Å². The van der Waals surface area contributed by atoms with Gasteiger partial charge in [-0.2, -0.15) is 0 Å². The number of ether oxygens (including phenoxy) is 1. The van der Waals surface area contributed by atoms with E-state index in [1.165, 1.54) is 12.8 Å². The van der Waals surface area contributed by atoms with E-state index in [-0.39, 0.29) is 17.3 Å². The fourth-order valence-electron chi connectivity index (χ4n) is 3.75. The monoisotopic (exact) mass is 459 g/mol. The third-order valence-electron chi connectivity index (χ3n) is 5.50. The predicted molar refractivity (Wildman–Crippen MR) is 127 cm³/mol. The molecule has 8 heteroatoms. The second kappa shape index (κ2) is 11.3. The fourth-order valence-corrected chi connectivity index (χ4v) is 5.17. The van der Waals surface area contributed by atoms with E-state index >= 15 is 0 Å². The zero-order valence-corrected chi connectivity index (χ0v) is 19.7. The second-order valence-electron chi connectivity index (χ2n) is 8.00. The molecule has 1 aliphatic heterocycles. The Kier molecular flexibility index (Phi) is 8.53. The van der Waals surface area contributed by atoms with Crippen LogP contribution in [0.1, 0.15) is 31.7 Å². The average Bonchev–Trinajstić information content (AvgIpc) is 3.30. The number of benzene rings is 2. The molecule has 7 nitrogen and oxygen atoms in total. The van der Waals surface area contributed by atoms with Gasteiger partial charge < -0.3 is 15.0 Å². The Hall–Kier alpha value is -2.58. The minimum atomic E-state index is -3.91. The molecule has 2 aromatic rings. The molecule has 0 atom stereocenters. The lowest BCUT2D eigenvalue weighted by Crippen LogP contribution is -2.41. The van der Waals surface area contributed by atoms with Crippen LogP contribution in [0.3, 0.4) is 0 Å². The van der Waals surface area contributed by atoms with Gasteiger partial charge in [0.15, 0.2) is 0 Å². The number of carbonyl (C=O) groups excluding carboxylic acids is 1. The molecule has 0 unspecified atom stereocenters. The summed E-state index contributed by atoms with van der Waals surface area (Å²) < 4.78 is 33.4. The number of aryl methyl sites for hydroxylation is 1. The Labute approximate surface area is 191 Å². The van der Waals surface area contributed by atoms with E-state index in [0.717, 1.165) is 35.9 Å². The standard InChI is InChI=1S/C24H33N3O4S/c1-3-31-22-11-9-21(10-12-22)27(32(29,30)23-13-7-20(2)8-14-23)19-24(28)25-15-6-18-26-16-4-5-17-26/h7-14H,3-6,15-19H2,1-2H3,(H,25,28). The number of nitrogens with zero attached hydrogens (tertiary/aromatic N) is 2. The minimum absolute atomic E-state index is 0.152. The van der Waals surface area contributed by atoms with Crippen molar-refractivity contribution in [3.8, 4) is 5.75 Å². The van der Waals surface area contributed by atoms with Gasteiger partial charge in [-0.1, -0.05) is 17.7 Å². The summed E-state index contributed by atoms with van der Waals surface area (Å²) in [6.45, 7) is 7.73. The lowest BCUT2D eigenvalue weighted by Gasteiger charge is -2.24. The normalized spacial score (nSPS) is 14.3. The maximum Gasteiger partial charge on any atom is 0.264 e. The van der Waals surface area contributed by atoms with E-state index in [0.29, 0.717) is 24.6 Å². The SMILES string of the molecule is CCOc1ccc(N(CC(=O)NCCCN2CCCC2)S(=O)(=O)c2ccc(C)cc2)cc1. The Morgan fingerprint density at radius 2 is 1.72 bits per heavy atom. The molecule has 2 aromatic carbocycles. The number of anilines is 1. The molecule has 0 bridgehead atoms. The maximum absolute atomic E-state index is 13.4. The highest BCUT2D eigenvalue weighted by Crippen LogP contribution is 2.26. The van der Waals surface area contributed by atoms with Gasteiger partial charge in [-0.25, -0.2) is 8.42 Å². The molecular weight excluding hydrogens is 426 g/mol. The molecule has 0 aliphatic carbocycles. The first-order valence-electron chi connectivity index (χ1n) is 11.2. The molecule has 1 saturated heterocycles. The van der Waals surface area contributed by atoms with Crippen LogP contribution >= 0.6 is 0 Å². The average molecular weight is 460 g/mol. The van der Waals surface area contributed by atoms with Gasteiger partial charge in [0.05, 0.1) is 17.2 Å². The molecule has 32 heavy (non-hydrogen) atoms. The molecule has 0 saturated carbocycles. The topological polar surface area (TPSA) is 79.0 Å². The van der Waals surface area contributed by atoms with Crippen molar-refractivity contribution in [1.29, 1.82) is 0 Å². The predicted octanol–water partition coefficient (Wildman–Crippen LogP) is 3.19. The maximum atomic E-state index is 13.4. The first-order chi connectivity index (χ1) is 15.4.